The van der Waals surface area contributed by atoms with E-state index in [0.717, 1.165) is 23.0 Å². The van der Waals surface area contributed by atoms with Crippen molar-refractivity contribution >= 4 is 16.9 Å². The van der Waals surface area contributed by atoms with Crippen LogP contribution >= 0.6 is 0 Å². The van der Waals surface area contributed by atoms with E-state index in [9.17, 15) is 9.59 Å². The highest BCUT2D eigenvalue weighted by molar-refractivity contribution is 5.81. The van der Waals surface area contributed by atoms with E-state index in [4.69, 9.17) is 9.47 Å². The lowest BCUT2D eigenvalue weighted by Crippen LogP contribution is -2.34. The van der Waals surface area contributed by atoms with Gasteiger partial charge in [-0.05, 0) is 57.0 Å². The molecule has 7 nitrogen and oxygen atoms in total. The van der Waals surface area contributed by atoms with Gasteiger partial charge in [0.1, 0.15) is 6.54 Å². The number of hydrogen-bond acceptors (Lipinski definition) is 4. The van der Waals surface area contributed by atoms with Gasteiger partial charge in [0.2, 0.25) is 5.91 Å². The molecule has 1 atom stereocenters. The standard InChI is InChI=1S/C24H31N3O4/c1-6-13-26-19-9-7-8-10-20(19)27(24(26)29)15-23(28)25-17(4)18-11-12-21(31-16(2)3)22(14-18)30-5/h7-12,14,16-17H,6,13,15H2,1-5H3,(H,25,28). The molecule has 1 amide bonds. The molecule has 0 aliphatic heterocycles. The maximum Gasteiger partial charge on any atom is 0.329 e. The Bertz CT molecular complexity index is 1110. The average molecular weight is 426 g/mol. The van der Waals surface area contributed by atoms with Crippen molar-refractivity contribution in [3.63, 3.8) is 0 Å². The van der Waals surface area contributed by atoms with Gasteiger partial charge in [-0.1, -0.05) is 25.1 Å². The Labute approximate surface area is 182 Å². The fourth-order valence-electron chi connectivity index (χ4n) is 3.68. The van der Waals surface area contributed by atoms with Crippen LogP contribution in [0.25, 0.3) is 11.0 Å². The lowest BCUT2D eigenvalue weighted by Gasteiger charge is -2.18. The van der Waals surface area contributed by atoms with Crippen LogP contribution in [0.1, 0.15) is 45.7 Å². The number of benzene rings is 2. The SMILES string of the molecule is CCCn1c(=O)n(CC(=O)NC(C)c2ccc(OC(C)C)c(OC)c2)c2ccccc21. The number of fused-ring (bicyclic) bond motifs is 1. The molecular weight excluding hydrogens is 394 g/mol. The van der Waals surface area contributed by atoms with Crippen LogP contribution in [0.15, 0.2) is 47.3 Å². The zero-order valence-electron chi connectivity index (χ0n) is 18.8. The Kier molecular flexibility index (Phi) is 7.05. The number of para-hydroxylation sites is 2. The highest BCUT2D eigenvalue weighted by Crippen LogP contribution is 2.31. The second kappa shape index (κ2) is 9.73. The lowest BCUT2D eigenvalue weighted by molar-refractivity contribution is -0.122. The maximum atomic E-state index is 12.9. The topological polar surface area (TPSA) is 74.5 Å². The van der Waals surface area contributed by atoms with Crippen LogP contribution in [0.4, 0.5) is 0 Å². The Hall–Kier alpha value is -3.22. The van der Waals surface area contributed by atoms with E-state index in [1.165, 1.54) is 4.57 Å². The Morgan fingerprint density at radius 1 is 1.03 bits per heavy atom. The number of aromatic nitrogens is 2. The van der Waals surface area contributed by atoms with Crippen molar-refractivity contribution in [1.82, 2.24) is 14.5 Å². The number of nitrogens with one attached hydrogen (secondary N) is 1. The van der Waals surface area contributed by atoms with Gasteiger partial charge in [-0.15, -0.1) is 0 Å². The van der Waals surface area contributed by atoms with Gasteiger partial charge < -0.3 is 14.8 Å². The number of nitrogens with zero attached hydrogens (tertiary/aromatic N) is 2. The zero-order chi connectivity index (χ0) is 22.5. The van der Waals surface area contributed by atoms with Crippen LogP contribution in [0.3, 0.4) is 0 Å². The fraction of sp³-hybridized carbons (Fsp3) is 0.417. The first-order valence-corrected chi connectivity index (χ1v) is 10.7. The van der Waals surface area contributed by atoms with Crippen molar-refractivity contribution in [2.24, 2.45) is 0 Å². The monoisotopic (exact) mass is 425 g/mol. The molecule has 3 aromatic rings. The highest BCUT2D eigenvalue weighted by Gasteiger charge is 2.17. The Morgan fingerprint density at radius 2 is 1.71 bits per heavy atom. The van der Waals surface area contributed by atoms with Crippen molar-refractivity contribution in [2.45, 2.75) is 59.4 Å². The van der Waals surface area contributed by atoms with Gasteiger partial charge in [-0.3, -0.25) is 13.9 Å². The average Bonchev–Trinajstić information content (AvgIpc) is 2.99. The molecular formula is C24H31N3O4. The number of ether oxygens (including phenoxy) is 2. The second-order valence-corrected chi connectivity index (χ2v) is 7.88. The van der Waals surface area contributed by atoms with Gasteiger partial charge in [0.25, 0.3) is 0 Å². The summed E-state index contributed by atoms with van der Waals surface area (Å²) >= 11 is 0. The van der Waals surface area contributed by atoms with Gasteiger partial charge in [-0.2, -0.15) is 0 Å². The molecule has 1 N–H and O–H groups in total. The van der Waals surface area contributed by atoms with Crippen LogP contribution < -0.4 is 20.5 Å². The molecule has 0 aliphatic carbocycles. The number of aryl methyl sites for hydroxylation is 1. The van der Waals surface area contributed by atoms with Gasteiger partial charge in [0.05, 0.1) is 30.3 Å². The molecule has 0 spiro atoms. The molecule has 1 unspecified atom stereocenters. The Morgan fingerprint density at radius 3 is 2.32 bits per heavy atom. The molecule has 3 rings (SSSR count). The van der Waals surface area contributed by atoms with E-state index in [1.807, 2.05) is 70.2 Å². The van der Waals surface area contributed by atoms with E-state index < -0.39 is 0 Å². The summed E-state index contributed by atoms with van der Waals surface area (Å²) < 4.78 is 14.5. The molecule has 0 aliphatic rings. The minimum absolute atomic E-state index is 0.0324. The number of carbonyl (C=O) groups excluding carboxylic acids is 1. The molecule has 0 saturated heterocycles. The molecule has 31 heavy (non-hydrogen) atoms. The van der Waals surface area contributed by atoms with Crippen molar-refractivity contribution < 1.29 is 14.3 Å². The van der Waals surface area contributed by atoms with Crippen molar-refractivity contribution in [1.29, 1.82) is 0 Å². The number of methoxy groups -OCH3 is 1. The second-order valence-electron chi connectivity index (χ2n) is 7.88. The first kappa shape index (κ1) is 22.5. The largest absolute Gasteiger partial charge is 0.493 e. The number of imidazole rings is 1. The van der Waals surface area contributed by atoms with E-state index in [2.05, 4.69) is 5.32 Å². The molecule has 1 heterocycles. The van der Waals surface area contributed by atoms with E-state index in [1.54, 1.807) is 11.7 Å². The molecule has 0 fully saturated rings. The van der Waals surface area contributed by atoms with Gasteiger partial charge in [0.15, 0.2) is 11.5 Å². The summed E-state index contributed by atoms with van der Waals surface area (Å²) in [5.41, 5.74) is 2.34. The lowest BCUT2D eigenvalue weighted by atomic mass is 10.1. The predicted octanol–water partition coefficient (Wildman–Crippen LogP) is 3.89. The third-order valence-corrected chi connectivity index (χ3v) is 5.10. The molecule has 1 aromatic heterocycles. The number of rotatable bonds is 9. The first-order valence-electron chi connectivity index (χ1n) is 10.7. The van der Waals surface area contributed by atoms with Crippen LogP contribution in [0, 0.1) is 0 Å². The van der Waals surface area contributed by atoms with Gasteiger partial charge in [0, 0.05) is 6.54 Å². The summed E-state index contributed by atoms with van der Waals surface area (Å²) in [6.07, 6.45) is 0.875. The van der Waals surface area contributed by atoms with Crippen molar-refractivity contribution in [3.8, 4) is 11.5 Å². The number of amides is 1. The van der Waals surface area contributed by atoms with Crippen molar-refractivity contribution in [2.75, 3.05) is 7.11 Å². The van der Waals surface area contributed by atoms with Crippen molar-refractivity contribution in [3.05, 3.63) is 58.5 Å². The molecule has 166 valence electrons. The van der Waals surface area contributed by atoms with Gasteiger partial charge in [-0.25, -0.2) is 4.79 Å². The minimum Gasteiger partial charge on any atom is -0.493 e. The summed E-state index contributed by atoms with van der Waals surface area (Å²) in [7, 11) is 1.59. The van der Waals surface area contributed by atoms with Crippen LogP contribution in [0.5, 0.6) is 11.5 Å². The number of hydrogen-bond donors (Lipinski definition) is 1. The quantitative estimate of drug-likeness (QED) is 0.564. The van der Waals surface area contributed by atoms with Gasteiger partial charge >= 0.3 is 5.69 Å². The molecule has 2 aromatic carbocycles. The molecule has 0 bridgehead atoms. The zero-order valence-corrected chi connectivity index (χ0v) is 18.8. The third kappa shape index (κ3) is 4.93. The summed E-state index contributed by atoms with van der Waals surface area (Å²) in [5.74, 6) is 1.05. The van der Waals surface area contributed by atoms with E-state index in [-0.39, 0.29) is 30.3 Å². The highest BCUT2D eigenvalue weighted by atomic mass is 16.5. The third-order valence-electron chi connectivity index (χ3n) is 5.10. The maximum absolute atomic E-state index is 12.9. The summed E-state index contributed by atoms with van der Waals surface area (Å²) in [6.45, 7) is 8.42. The summed E-state index contributed by atoms with van der Waals surface area (Å²) in [5, 5.41) is 2.99. The van der Waals surface area contributed by atoms with E-state index in [0.29, 0.717) is 18.0 Å². The Balaban J connectivity index is 1.79. The fourth-order valence-corrected chi connectivity index (χ4v) is 3.68. The van der Waals surface area contributed by atoms with Crippen LogP contribution in [-0.4, -0.2) is 28.3 Å². The first-order chi connectivity index (χ1) is 14.8. The summed E-state index contributed by atoms with van der Waals surface area (Å²) in [4.78, 5) is 25.7. The molecule has 0 saturated carbocycles. The van der Waals surface area contributed by atoms with Crippen LogP contribution in [0.2, 0.25) is 0 Å². The van der Waals surface area contributed by atoms with E-state index >= 15 is 0 Å². The molecule has 0 radical (unpaired) electrons. The minimum atomic E-state index is -0.255. The van der Waals surface area contributed by atoms with Crippen LogP contribution in [-0.2, 0) is 17.9 Å². The predicted molar refractivity (Wildman–Crippen MR) is 122 cm³/mol. The number of carbonyl (C=O) groups is 1. The summed E-state index contributed by atoms with van der Waals surface area (Å²) in [6, 6.07) is 12.9. The normalized spacial score (nSPS) is 12.2. The smallest absolute Gasteiger partial charge is 0.329 e. The molecule has 7 heteroatoms.